The quantitative estimate of drug-likeness (QED) is 0.763. The maximum Gasteiger partial charge on any atom is 0.248 e. The average molecular weight is 205 g/mol. The van der Waals surface area contributed by atoms with Crippen LogP contribution >= 0.6 is 0 Å². The van der Waals surface area contributed by atoms with Crippen LogP contribution in [-0.4, -0.2) is 24.8 Å². The van der Waals surface area contributed by atoms with Crippen LogP contribution in [0.15, 0.2) is 0 Å². The third-order valence-electron chi connectivity index (χ3n) is 2.98. The highest BCUT2D eigenvalue weighted by Gasteiger charge is 2.38. The molecule has 1 rings (SSSR count). The fraction of sp³-hybridized carbons (Fsp3) is 0.900. The summed E-state index contributed by atoms with van der Waals surface area (Å²) in [5, 5.41) is 2.90. The minimum Gasteiger partial charge on any atom is -0.310 e. The molecule has 0 amide bonds. The van der Waals surface area contributed by atoms with Gasteiger partial charge in [0.1, 0.15) is 5.78 Å². The molecule has 0 radical (unpaired) electrons. The van der Waals surface area contributed by atoms with Crippen molar-refractivity contribution in [3.8, 4) is 0 Å². The van der Waals surface area contributed by atoms with Gasteiger partial charge < -0.3 is 5.32 Å². The first-order valence-corrected chi connectivity index (χ1v) is 5.02. The Labute approximate surface area is 83.1 Å². The molecule has 0 spiro atoms. The van der Waals surface area contributed by atoms with Gasteiger partial charge in [0.05, 0.1) is 6.04 Å². The summed E-state index contributed by atoms with van der Waals surface area (Å²) in [6.07, 6.45) is 0.725. The molecule has 0 aliphatic heterocycles. The summed E-state index contributed by atoms with van der Waals surface area (Å²) >= 11 is 0. The lowest BCUT2D eigenvalue weighted by molar-refractivity contribution is -0.121. The summed E-state index contributed by atoms with van der Waals surface area (Å²) in [5.41, 5.74) is 0. The number of hydrogen-bond donors (Lipinski definition) is 1. The molecule has 1 N–H and O–H groups in total. The predicted molar refractivity (Wildman–Crippen MR) is 50.4 cm³/mol. The number of Topliss-reactive ketones (excluding diaryl/α,β-unsaturated/α-hetero) is 1. The second-order valence-corrected chi connectivity index (χ2v) is 4.07. The molecule has 1 saturated carbocycles. The molecule has 1 aliphatic rings. The second kappa shape index (κ2) is 4.34. The third-order valence-corrected chi connectivity index (χ3v) is 2.98. The topological polar surface area (TPSA) is 29.1 Å². The smallest absolute Gasteiger partial charge is 0.248 e. The van der Waals surface area contributed by atoms with Crippen LogP contribution in [0, 0.1) is 5.92 Å². The maximum absolute atomic E-state index is 12.8. The van der Waals surface area contributed by atoms with E-state index in [1.807, 2.05) is 0 Å². The SMILES string of the molecule is CN[C@H](C(C)=O)C1CCC(F)(F)CC1. The standard InChI is InChI=1S/C10H17F2NO/c1-7(14)9(13-2)8-3-5-10(11,12)6-4-8/h8-9,13H,3-6H2,1-2H3/t9-/m1/s1. The fourth-order valence-electron chi connectivity index (χ4n) is 2.17. The van der Waals surface area contributed by atoms with Crippen LogP contribution in [0.3, 0.4) is 0 Å². The van der Waals surface area contributed by atoms with Crippen LogP contribution in [0.25, 0.3) is 0 Å². The minimum atomic E-state index is -2.51. The summed E-state index contributed by atoms with van der Waals surface area (Å²) in [6.45, 7) is 1.51. The molecule has 82 valence electrons. The first-order chi connectivity index (χ1) is 6.46. The minimum absolute atomic E-state index is 0.0442. The summed E-state index contributed by atoms with van der Waals surface area (Å²) in [4.78, 5) is 11.2. The number of nitrogens with one attached hydrogen (secondary N) is 1. The van der Waals surface area contributed by atoms with Gasteiger partial charge in [0.25, 0.3) is 0 Å². The molecule has 0 aromatic carbocycles. The number of rotatable bonds is 3. The average Bonchev–Trinajstić information content (AvgIpc) is 2.08. The molecular formula is C10H17F2NO. The molecule has 4 heteroatoms. The lowest BCUT2D eigenvalue weighted by Crippen LogP contribution is -2.42. The molecule has 2 nitrogen and oxygen atoms in total. The van der Waals surface area contributed by atoms with E-state index in [9.17, 15) is 13.6 Å². The summed E-state index contributed by atoms with van der Waals surface area (Å²) in [5.74, 6) is -2.38. The van der Waals surface area contributed by atoms with Gasteiger partial charge in [-0.3, -0.25) is 4.79 Å². The molecule has 0 saturated heterocycles. The van der Waals surface area contributed by atoms with E-state index in [0.717, 1.165) is 0 Å². The largest absolute Gasteiger partial charge is 0.310 e. The predicted octanol–water partition coefficient (Wildman–Crippen LogP) is 1.99. The van der Waals surface area contributed by atoms with Crippen LogP contribution in [0.5, 0.6) is 0 Å². The number of alkyl halides is 2. The molecule has 0 bridgehead atoms. The molecule has 1 fully saturated rings. The summed E-state index contributed by atoms with van der Waals surface area (Å²) < 4.78 is 25.7. The van der Waals surface area contributed by atoms with Crippen molar-refractivity contribution in [3.63, 3.8) is 0 Å². The monoisotopic (exact) mass is 205 g/mol. The Kier molecular flexibility index (Phi) is 3.59. The Morgan fingerprint density at radius 2 is 1.93 bits per heavy atom. The van der Waals surface area contributed by atoms with E-state index in [1.165, 1.54) is 6.92 Å². The normalized spacial score (nSPS) is 24.6. The van der Waals surface area contributed by atoms with Crippen LogP contribution in [-0.2, 0) is 4.79 Å². The van der Waals surface area contributed by atoms with E-state index < -0.39 is 5.92 Å². The van der Waals surface area contributed by atoms with Crippen molar-refractivity contribution < 1.29 is 13.6 Å². The van der Waals surface area contributed by atoms with Crippen molar-refractivity contribution >= 4 is 5.78 Å². The van der Waals surface area contributed by atoms with Crippen LogP contribution in [0.1, 0.15) is 32.6 Å². The zero-order valence-electron chi connectivity index (χ0n) is 8.65. The molecule has 1 atom stereocenters. The highest BCUT2D eigenvalue weighted by atomic mass is 19.3. The third kappa shape index (κ3) is 2.74. The Hall–Kier alpha value is -0.510. The fourth-order valence-corrected chi connectivity index (χ4v) is 2.17. The van der Waals surface area contributed by atoms with Gasteiger partial charge in [-0.1, -0.05) is 0 Å². The van der Waals surface area contributed by atoms with Crippen molar-refractivity contribution in [3.05, 3.63) is 0 Å². The Balaban J connectivity index is 2.51. The van der Waals surface area contributed by atoms with Gasteiger partial charge in [-0.05, 0) is 32.7 Å². The highest BCUT2D eigenvalue weighted by Crippen LogP contribution is 2.37. The van der Waals surface area contributed by atoms with Crippen LogP contribution < -0.4 is 5.32 Å². The Bertz CT molecular complexity index is 208. The lowest BCUT2D eigenvalue weighted by atomic mass is 9.81. The zero-order chi connectivity index (χ0) is 10.8. The van der Waals surface area contributed by atoms with E-state index in [0.29, 0.717) is 12.8 Å². The van der Waals surface area contributed by atoms with E-state index in [2.05, 4.69) is 5.32 Å². The summed E-state index contributed by atoms with van der Waals surface area (Å²) in [7, 11) is 1.71. The van der Waals surface area contributed by atoms with Gasteiger partial charge >= 0.3 is 0 Å². The molecular weight excluding hydrogens is 188 g/mol. The Morgan fingerprint density at radius 3 is 2.29 bits per heavy atom. The van der Waals surface area contributed by atoms with E-state index in [1.54, 1.807) is 7.05 Å². The van der Waals surface area contributed by atoms with Gasteiger partial charge in [0, 0.05) is 12.8 Å². The van der Waals surface area contributed by atoms with Gasteiger partial charge in [0.2, 0.25) is 5.92 Å². The molecule has 0 unspecified atom stereocenters. The van der Waals surface area contributed by atoms with Gasteiger partial charge in [-0.2, -0.15) is 0 Å². The molecule has 0 aromatic heterocycles. The van der Waals surface area contributed by atoms with Crippen molar-refractivity contribution in [1.29, 1.82) is 0 Å². The lowest BCUT2D eigenvalue weighted by Gasteiger charge is -2.32. The number of likely N-dealkylation sites (N-methyl/N-ethyl adjacent to an activating group) is 1. The molecule has 1 aliphatic carbocycles. The Morgan fingerprint density at radius 1 is 1.43 bits per heavy atom. The molecule has 14 heavy (non-hydrogen) atoms. The van der Waals surface area contributed by atoms with Gasteiger partial charge in [0.15, 0.2) is 0 Å². The number of ketones is 1. The first-order valence-electron chi connectivity index (χ1n) is 5.02. The summed E-state index contributed by atoms with van der Waals surface area (Å²) in [6, 6.07) is -0.244. The van der Waals surface area contributed by atoms with Crippen molar-refractivity contribution in [2.45, 2.75) is 44.6 Å². The second-order valence-electron chi connectivity index (χ2n) is 4.07. The highest BCUT2D eigenvalue weighted by molar-refractivity contribution is 5.81. The number of carbonyl (C=O) groups excluding carboxylic acids is 1. The van der Waals surface area contributed by atoms with Crippen LogP contribution in [0.2, 0.25) is 0 Å². The van der Waals surface area contributed by atoms with Crippen LogP contribution in [0.4, 0.5) is 8.78 Å². The maximum atomic E-state index is 12.8. The van der Waals surface area contributed by atoms with E-state index in [-0.39, 0.29) is 30.6 Å². The van der Waals surface area contributed by atoms with E-state index >= 15 is 0 Å². The van der Waals surface area contributed by atoms with Crippen molar-refractivity contribution in [2.75, 3.05) is 7.05 Å². The first kappa shape index (κ1) is 11.6. The van der Waals surface area contributed by atoms with Gasteiger partial charge in [-0.15, -0.1) is 0 Å². The van der Waals surface area contributed by atoms with Gasteiger partial charge in [-0.25, -0.2) is 8.78 Å². The zero-order valence-corrected chi connectivity index (χ0v) is 8.65. The number of hydrogen-bond acceptors (Lipinski definition) is 2. The van der Waals surface area contributed by atoms with Crippen molar-refractivity contribution in [2.24, 2.45) is 5.92 Å². The number of halogens is 2. The molecule has 0 aromatic rings. The van der Waals surface area contributed by atoms with Crippen molar-refractivity contribution in [1.82, 2.24) is 5.32 Å². The molecule has 0 heterocycles. The van der Waals surface area contributed by atoms with E-state index in [4.69, 9.17) is 0 Å². The number of carbonyl (C=O) groups is 1.